The normalized spacial score (nSPS) is 12.8. The first-order chi connectivity index (χ1) is 38.5. The van der Waals surface area contributed by atoms with E-state index in [0.29, 0.717) is 25.9 Å². The van der Waals surface area contributed by atoms with E-state index >= 15 is 0 Å². The van der Waals surface area contributed by atoms with E-state index in [9.17, 15) is 19.8 Å². The van der Waals surface area contributed by atoms with Crippen LogP contribution in [0.1, 0.15) is 373 Å². The van der Waals surface area contributed by atoms with Gasteiger partial charge >= 0.3 is 5.97 Å². The predicted octanol–water partition coefficient (Wildman–Crippen LogP) is 22.5. The first-order valence-corrected chi connectivity index (χ1v) is 34.9. The second-order valence-corrected chi connectivity index (χ2v) is 23.9. The van der Waals surface area contributed by atoms with Gasteiger partial charge in [0.15, 0.2) is 0 Å². The lowest BCUT2D eigenvalue weighted by atomic mass is 10.0. The van der Waals surface area contributed by atoms with Gasteiger partial charge in [-0.25, -0.2) is 0 Å². The molecule has 1 amide bonds. The zero-order valence-corrected chi connectivity index (χ0v) is 52.4. The minimum Gasteiger partial charge on any atom is -0.466 e. The number of hydrogen-bond donors (Lipinski definition) is 3. The average Bonchev–Trinajstić information content (AvgIpc) is 3.44. The summed E-state index contributed by atoms with van der Waals surface area (Å²) in [6, 6.07) is -0.543. The van der Waals surface area contributed by atoms with Crippen molar-refractivity contribution in [2.45, 2.75) is 386 Å². The summed E-state index contributed by atoms with van der Waals surface area (Å²) in [5.41, 5.74) is 0. The van der Waals surface area contributed by atoms with E-state index in [2.05, 4.69) is 67.8 Å². The number of rotatable bonds is 65. The highest BCUT2D eigenvalue weighted by atomic mass is 16.5. The fourth-order valence-corrected chi connectivity index (χ4v) is 10.8. The Bertz CT molecular complexity index is 1310. The molecule has 0 aromatic heterocycles. The summed E-state index contributed by atoms with van der Waals surface area (Å²) < 4.78 is 5.48. The van der Waals surface area contributed by atoms with Crippen molar-refractivity contribution in [1.29, 1.82) is 0 Å². The molecular formula is C72H135NO5. The molecule has 458 valence electrons. The molecule has 3 N–H and O–H groups in total. The summed E-state index contributed by atoms with van der Waals surface area (Å²) in [4.78, 5) is 24.6. The van der Waals surface area contributed by atoms with Gasteiger partial charge in [-0.05, 0) is 89.9 Å². The van der Waals surface area contributed by atoms with Gasteiger partial charge in [-0.3, -0.25) is 9.59 Å². The zero-order valence-electron chi connectivity index (χ0n) is 52.4. The molecule has 6 heteroatoms. The molecule has 0 rings (SSSR count). The molecule has 0 aliphatic carbocycles. The summed E-state index contributed by atoms with van der Waals surface area (Å²) in [5.74, 6) is -0.0354. The van der Waals surface area contributed by atoms with Gasteiger partial charge < -0.3 is 20.3 Å². The molecule has 2 atom stereocenters. The molecule has 78 heavy (non-hydrogen) atoms. The maximum Gasteiger partial charge on any atom is 0.305 e. The Morgan fingerprint density at radius 2 is 0.641 bits per heavy atom. The van der Waals surface area contributed by atoms with Gasteiger partial charge in [-0.15, -0.1) is 0 Å². The first kappa shape index (κ1) is 75.8. The summed E-state index contributed by atoms with van der Waals surface area (Å²) >= 11 is 0. The van der Waals surface area contributed by atoms with E-state index in [1.807, 2.05) is 0 Å². The van der Waals surface area contributed by atoms with Crippen LogP contribution in [-0.2, 0) is 14.3 Å². The summed E-state index contributed by atoms with van der Waals surface area (Å²) in [7, 11) is 0. The van der Waals surface area contributed by atoms with Gasteiger partial charge in [-0.2, -0.15) is 0 Å². The standard InChI is InChI=1S/C72H135NO5/c1-3-5-7-9-11-13-15-17-19-33-37-40-44-48-52-56-60-64-70(75)69(68-74)73-71(76)65-61-57-53-49-45-41-38-34-31-29-27-25-23-21-20-22-24-26-28-30-32-35-39-43-47-51-55-59-63-67-78-72(77)66-62-58-54-50-46-42-36-18-16-14-12-10-8-6-4-2/h12,14,18,20,22,26,28,36,69-70,74-75H,3-11,13,15-17,19,21,23-25,27,29-35,37-68H2,1-2H3,(H,73,76)/b14-12-,22-20-,28-26-,36-18-. The molecule has 0 aromatic carbocycles. The fourth-order valence-electron chi connectivity index (χ4n) is 10.8. The number of unbranched alkanes of at least 4 members (excludes halogenated alkanes) is 46. The van der Waals surface area contributed by atoms with Crippen molar-refractivity contribution in [3.8, 4) is 0 Å². The van der Waals surface area contributed by atoms with Gasteiger partial charge in [0, 0.05) is 12.8 Å². The highest BCUT2D eigenvalue weighted by molar-refractivity contribution is 5.76. The molecule has 6 nitrogen and oxygen atoms in total. The number of aliphatic hydroxyl groups is 2. The molecule has 0 aliphatic heterocycles. The summed E-state index contributed by atoms with van der Waals surface area (Å²) in [5, 5.41) is 23.4. The number of carbonyl (C=O) groups excluding carboxylic acids is 2. The van der Waals surface area contributed by atoms with Crippen LogP contribution in [0.15, 0.2) is 48.6 Å². The molecule has 2 unspecified atom stereocenters. The number of allylic oxidation sites excluding steroid dienone is 8. The van der Waals surface area contributed by atoms with E-state index in [-0.39, 0.29) is 18.5 Å². The van der Waals surface area contributed by atoms with Crippen LogP contribution < -0.4 is 5.32 Å². The average molecular weight is 1090 g/mol. The maximum absolute atomic E-state index is 12.5. The van der Waals surface area contributed by atoms with Crippen LogP contribution in [0.4, 0.5) is 0 Å². The fraction of sp³-hybridized carbons (Fsp3) is 0.861. The van der Waals surface area contributed by atoms with Crippen LogP contribution in [-0.4, -0.2) is 47.4 Å². The van der Waals surface area contributed by atoms with Crippen LogP contribution >= 0.6 is 0 Å². The largest absolute Gasteiger partial charge is 0.466 e. The molecular weight excluding hydrogens is 959 g/mol. The van der Waals surface area contributed by atoms with Crippen molar-refractivity contribution in [1.82, 2.24) is 5.32 Å². The lowest BCUT2D eigenvalue weighted by Gasteiger charge is -2.22. The van der Waals surface area contributed by atoms with E-state index in [1.54, 1.807) is 0 Å². The predicted molar refractivity (Wildman–Crippen MR) is 342 cm³/mol. The SMILES string of the molecule is CCCCC/C=C\C/C=C\CCCCCCCC(=O)OCCCCCCCCCCC/C=C\C/C=C\CCCCCCCCCCCCCCCC(=O)NC(CO)C(O)CCCCCCCCCCCCCCCCCCC. The topological polar surface area (TPSA) is 95.9 Å². The van der Waals surface area contributed by atoms with Crippen LogP contribution in [0.25, 0.3) is 0 Å². The summed E-state index contributed by atoms with van der Waals surface area (Å²) in [6.07, 6.45) is 87.2. The highest BCUT2D eigenvalue weighted by Crippen LogP contribution is 2.18. The van der Waals surface area contributed by atoms with E-state index in [4.69, 9.17) is 4.74 Å². The molecule has 0 saturated carbocycles. The smallest absolute Gasteiger partial charge is 0.305 e. The van der Waals surface area contributed by atoms with Crippen LogP contribution in [0.2, 0.25) is 0 Å². The number of ether oxygens (including phenoxy) is 1. The van der Waals surface area contributed by atoms with Crippen molar-refractivity contribution in [3.63, 3.8) is 0 Å². The van der Waals surface area contributed by atoms with E-state index in [0.717, 1.165) is 57.8 Å². The Morgan fingerprint density at radius 1 is 0.359 bits per heavy atom. The van der Waals surface area contributed by atoms with E-state index < -0.39 is 12.1 Å². The Kier molecular flexibility index (Phi) is 65.4. The lowest BCUT2D eigenvalue weighted by molar-refractivity contribution is -0.143. The van der Waals surface area contributed by atoms with Crippen molar-refractivity contribution in [2.24, 2.45) is 0 Å². The van der Waals surface area contributed by atoms with Crippen molar-refractivity contribution >= 4 is 11.9 Å². The molecule has 0 heterocycles. The second kappa shape index (κ2) is 67.3. The summed E-state index contributed by atoms with van der Waals surface area (Å²) in [6.45, 7) is 4.94. The molecule has 0 spiro atoms. The minimum atomic E-state index is -0.666. The Morgan fingerprint density at radius 3 is 1.00 bits per heavy atom. The Labute approximate surface area is 486 Å². The van der Waals surface area contributed by atoms with Gasteiger partial charge in [0.2, 0.25) is 5.91 Å². The lowest BCUT2D eigenvalue weighted by Crippen LogP contribution is -2.45. The van der Waals surface area contributed by atoms with Crippen molar-refractivity contribution < 1.29 is 24.5 Å². The number of amides is 1. The number of esters is 1. The Hall–Kier alpha value is -2.18. The van der Waals surface area contributed by atoms with Crippen LogP contribution in [0.5, 0.6) is 0 Å². The number of aliphatic hydroxyl groups excluding tert-OH is 2. The first-order valence-electron chi connectivity index (χ1n) is 34.9. The van der Waals surface area contributed by atoms with Gasteiger partial charge in [0.25, 0.3) is 0 Å². The van der Waals surface area contributed by atoms with Gasteiger partial charge in [0.05, 0.1) is 25.4 Å². The molecule has 0 aromatic rings. The number of carbonyl (C=O) groups is 2. The maximum atomic E-state index is 12.5. The van der Waals surface area contributed by atoms with E-state index in [1.165, 1.54) is 283 Å². The molecule has 0 bridgehead atoms. The van der Waals surface area contributed by atoms with Crippen LogP contribution in [0, 0.1) is 0 Å². The monoisotopic (exact) mass is 1090 g/mol. The molecule has 0 aliphatic rings. The third kappa shape index (κ3) is 63.0. The van der Waals surface area contributed by atoms with Crippen LogP contribution in [0.3, 0.4) is 0 Å². The minimum absolute atomic E-state index is 0.00194. The van der Waals surface area contributed by atoms with Gasteiger partial charge in [-0.1, -0.05) is 319 Å². The zero-order chi connectivity index (χ0) is 56.4. The molecule has 0 saturated heterocycles. The number of nitrogens with one attached hydrogen (secondary N) is 1. The van der Waals surface area contributed by atoms with Crippen molar-refractivity contribution in [3.05, 3.63) is 48.6 Å². The Balaban J connectivity index is 3.41. The highest BCUT2D eigenvalue weighted by Gasteiger charge is 2.20. The second-order valence-electron chi connectivity index (χ2n) is 23.9. The quantitative estimate of drug-likeness (QED) is 0.0320. The molecule has 0 fully saturated rings. The molecule has 0 radical (unpaired) electrons. The number of hydrogen-bond acceptors (Lipinski definition) is 5. The van der Waals surface area contributed by atoms with Gasteiger partial charge in [0.1, 0.15) is 0 Å². The third-order valence-corrected chi connectivity index (χ3v) is 16.1. The van der Waals surface area contributed by atoms with Crippen molar-refractivity contribution in [2.75, 3.05) is 13.2 Å². The third-order valence-electron chi connectivity index (χ3n) is 16.1.